The highest BCUT2D eigenvalue weighted by atomic mass is 16.5. The Labute approximate surface area is 175 Å². The first kappa shape index (κ1) is 21.4. The quantitative estimate of drug-likeness (QED) is 0.550. The number of carboxylic acid groups (broad SMARTS) is 1. The number of hydrogen-bond donors (Lipinski definition) is 3. The lowest BCUT2D eigenvalue weighted by Gasteiger charge is -2.15. The number of carboxylic acids is 1. The zero-order valence-electron chi connectivity index (χ0n) is 16.9. The Morgan fingerprint density at radius 3 is 2.20 bits per heavy atom. The number of aliphatic carboxylic acids is 1. The van der Waals surface area contributed by atoms with Crippen LogP contribution in [0.25, 0.3) is 11.1 Å². The molecule has 0 saturated heterocycles. The van der Waals surface area contributed by atoms with Crippen LogP contribution in [0.2, 0.25) is 0 Å². The van der Waals surface area contributed by atoms with Crippen molar-refractivity contribution in [1.29, 1.82) is 0 Å². The normalized spacial score (nSPS) is 13.1. The first-order chi connectivity index (χ1) is 14.5. The Hall–Kier alpha value is -3.35. The van der Waals surface area contributed by atoms with Crippen LogP contribution >= 0.6 is 0 Å². The van der Waals surface area contributed by atoms with Gasteiger partial charge in [0.2, 0.25) is 5.91 Å². The van der Waals surface area contributed by atoms with Crippen LogP contribution < -0.4 is 10.6 Å². The summed E-state index contributed by atoms with van der Waals surface area (Å²) >= 11 is 0. The number of carbonyl (C=O) groups excluding carboxylic acids is 2. The molecule has 1 aliphatic rings. The summed E-state index contributed by atoms with van der Waals surface area (Å²) in [5.74, 6) is -1.41. The second-order valence-electron chi connectivity index (χ2n) is 7.22. The fraction of sp³-hybridized carbons (Fsp3) is 0.348. The third kappa shape index (κ3) is 4.97. The number of hydrogen-bond acceptors (Lipinski definition) is 4. The fourth-order valence-corrected chi connectivity index (χ4v) is 3.69. The predicted molar refractivity (Wildman–Crippen MR) is 112 cm³/mol. The van der Waals surface area contributed by atoms with Crippen LogP contribution in [0.4, 0.5) is 4.79 Å². The molecule has 3 rings (SSSR count). The molecular weight excluding hydrogens is 384 g/mol. The van der Waals surface area contributed by atoms with Crippen LogP contribution in [0.5, 0.6) is 0 Å². The van der Waals surface area contributed by atoms with E-state index < -0.39 is 18.1 Å². The summed E-state index contributed by atoms with van der Waals surface area (Å²) in [6.07, 6.45) is 0.313. The minimum atomic E-state index is -1.05. The number of carbonyl (C=O) groups is 3. The molecule has 2 amide bonds. The first-order valence-corrected chi connectivity index (χ1v) is 10.1. The highest BCUT2D eigenvalue weighted by molar-refractivity contribution is 5.83. The highest BCUT2D eigenvalue weighted by Gasteiger charge is 2.28. The van der Waals surface area contributed by atoms with E-state index in [-0.39, 0.29) is 31.4 Å². The van der Waals surface area contributed by atoms with Crippen LogP contribution in [0.15, 0.2) is 48.5 Å². The van der Waals surface area contributed by atoms with Gasteiger partial charge in [-0.2, -0.15) is 0 Å². The van der Waals surface area contributed by atoms with E-state index in [1.165, 1.54) is 11.1 Å². The van der Waals surface area contributed by atoms with E-state index in [1.807, 2.05) is 24.3 Å². The minimum absolute atomic E-state index is 0.00377. The average Bonchev–Trinajstić information content (AvgIpc) is 3.07. The van der Waals surface area contributed by atoms with E-state index in [4.69, 9.17) is 9.84 Å². The lowest BCUT2D eigenvalue weighted by Crippen LogP contribution is -2.40. The maximum atomic E-state index is 12.1. The molecule has 0 fully saturated rings. The van der Waals surface area contributed by atoms with E-state index in [9.17, 15) is 14.4 Å². The van der Waals surface area contributed by atoms with Gasteiger partial charge in [-0.25, -0.2) is 9.59 Å². The van der Waals surface area contributed by atoms with Gasteiger partial charge in [0.25, 0.3) is 0 Å². The van der Waals surface area contributed by atoms with Crippen LogP contribution in [0.1, 0.15) is 43.2 Å². The van der Waals surface area contributed by atoms with Crippen LogP contribution in [-0.4, -0.2) is 42.3 Å². The monoisotopic (exact) mass is 410 g/mol. The van der Waals surface area contributed by atoms with Crippen molar-refractivity contribution in [3.8, 4) is 11.1 Å². The summed E-state index contributed by atoms with van der Waals surface area (Å²) in [6.45, 7) is 2.20. The number of ether oxygens (including phenoxy) is 1. The highest BCUT2D eigenvalue weighted by Crippen LogP contribution is 2.44. The summed E-state index contributed by atoms with van der Waals surface area (Å²) in [7, 11) is 0. The topological polar surface area (TPSA) is 105 Å². The van der Waals surface area contributed by atoms with Gasteiger partial charge >= 0.3 is 12.1 Å². The molecule has 7 nitrogen and oxygen atoms in total. The molecule has 0 heterocycles. The summed E-state index contributed by atoms with van der Waals surface area (Å²) in [5.41, 5.74) is 4.62. The largest absolute Gasteiger partial charge is 0.480 e. The van der Waals surface area contributed by atoms with E-state index in [2.05, 4.69) is 34.9 Å². The van der Waals surface area contributed by atoms with Crippen molar-refractivity contribution < 1.29 is 24.2 Å². The predicted octanol–water partition coefficient (Wildman–Crippen LogP) is 3.28. The van der Waals surface area contributed by atoms with Crippen LogP contribution in [0, 0.1) is 0 Å². The fourth-order valence-electron chi connectivity index (χ4n) is 3.69. The zero-order chi connectivity index (χ0) is 21.5. The maximum Gasteiger partial charge on any atom is 0.407 e. The number of rotatable bonds is 9. The van der Waals surface area contributed by atoms with Gasteiger partial charge in [-0.15, -0.1) is 0 Å². The summed E-state index contributed by atoms with van der Waals surface area (Å²) in [4.78, 5) is 34.8. The Balaban J connectivity index is 1.44. The third-order valence-electron chi connectivity index (χ3n) is 5.24. The molecule has 0 radical (unpaired) electrons. The Morgan fingerprint density at radius 1 is 1.03 bits per heavy atom. The van der Waals surface area contributed by atoms with Gasteiger partial charge in [0, 0.05) is 18.9 Å². The Morgan fingerprint density at radius 2 is 1.63 bits per heavy atom. The van der Waals surface area contributed by atoms with Crippen molar-refractivity contribution >= 4 is 18.0 Å². The smallest absolute Gasteiger partial charge is 0.407 e. The second-order valence-corrected chi connectivity index (χ2v) is 7.22. The van der Waals surface area contributed by atoms with Gasteiger partial charge in [0.05, 0.1) is 0 Å². The van der Waals surface area contributed by atoms with Crippen LogP contribution in [0.3, 0.4) is 0 Å². The third-order valence-corrected chi connectivity index (χ3v) is 5.24. The summed E-state index contributed by atoms with van der Waals surface area (Å²) in [5, 5.41) is 14.0. The van der Waals surface area contributed by atoms with Crippen molar-refractivity contribution in [1.82, 2.24) is 10.6 Å². The maximum absolute atomic E-state index is 12.1. The molecular formula is C23H26N2O5. The van der Waals surface area contributed by atoms with Gasteiger partial charge in [0.1, 0.15) is 12.6 Å². The van der Waals surface area contributed by atoms with Gasteiger partial charge in [0.15, 0.2) is 0 Å². The molecule has 158 valence electrons. The molecule has 0 aromatic heterocycles. The van der Waals surface area contributed by atoms with Gasteiger partial charge < -0.3 is 20.5 Å². The Bertz CT molecular complexity index is 882. The lowest BCUT2D eigenvalue weighted by atomic mass is 9.98. The van der Waals surface area contributed by atoms with Gasteiger partial charge in [-0.3, -0.25) is 4.79 Å². The van der Waals surface area contributed by atoms with Crippen molar-refractivity contribution in [3.05, 3.63) is 59.7 Å². The number of benzene rings is 2. The van der Waals surface area contributed by atoms with Gasteiger partial charge in [-0.05, 0) is 35.1 Å². The van der Waals surface area contributed by atoms with Crippen LogP contribution in [-0.2, 0) is 14.3 Å². The molecule has 1 aliphatic carbocycles. The van der Waals surface area contributed by atoms with E-state index in [0.717, 1.165) is 11.1 Å². The molecule has 0 saturated carbocycles. The van der Waals surface area contributed by atoms with Crippen molar-refractivity contribution in [2.45, 2.75) is 38.1 Å². The van der Waals surface area contributed by atoms with E-state index >= 15 is 0 Å². The SMILES string of the molecule is CC[C@H](NC(=O)CCCNC(=O)OCC1c2ccccc2-c2ccccc21)C(=O)O. The average molecular weight is 410 g/mol. The molecule has 0 unspecified atom stereocenters. The lowest BCUT2D eigenvalue weighted by molar-refractivity contribution is -0.141. The van der Waals surface area contributed by atoms with Crippen molar-refractivity contribution in [2.75, 3.05) is 13.2 Å². The molecule has 0 aliphatic heterocycles. The number of fused-ring (bicyclic) bond motifs is 3. The minimum Gasteiger partial charge on any atom is -0.480 e. The molecule has 0 bridgehead atoms. The standard InChI is InChI=1S/C23H26N2O5/c1-2-20(22(27)28)25-21(26)12-7-13-24-23(29)30-14-19-17-10-5-3-8-15(17)16-9-4-6-11-18(16)19/h3-6,8-11,19-20H,2,7,12-14H2,1H3,(H,24,29)(H,25,26)(H,27,28)/t20-/m0/s1. The summed E-state index contributed by atoms with van der Waals surface area (Å²) < 4.78 is 5.43. The second kappa shape index (κ2) is 9.91. The molecule has 30 heavy (non-hydrogen) atoms. The molecule has 2 aromatic rings. The van der Waals surface area contributed by atoms with Gasteiger partial charge in [-0.1, -0.05) is 55.5 Å². The number of nitrogens with one attached hydrogen (secondary N) is 2. The molecule has 3 N–H and O–H groups in total. The van der Waals surface area contributed by atoms with E-state index in [0.29, 0.717) is 12.8 Å². The van der Waals surface area contributed by atoms with Crippen molar-refractivity contribution in [2.24, 2.45) is 0 Å². The molecule has 7 heteroatoms. The van der Waals surface area contributed by atoms with E-state index in [1.54, 1.807) is 6.92 Å². The first-order valence-electron chi connectivity index (χ1n) is 10.1. The molecule has 0 spiro atoms. The Kier molecular flexibility index (Phi) is 7.06. The number of amides is 2. The molecule has 1 atom stereocenters. The van der Waals surface area contributed by atoms with Crippen molar-refractivity contribution in [3.63, 3.8) is 0 Å². The zero-order valence-corrected chi connectivity index (χ0v) is 16.9. The number of alkyl carbamates (subject to hydrolysis) is 1. The summed E-state index contributed by atoms with van der Waals surface area (Å²) in [6, 6.07) is 15.3. The molecule has 2 aromatic carbocycles.